The first-order valence-corrected chi connectivity index (χ1v) is 13.1. The summed E-state index contributed by atoms with van der Waals surface area (Å²) >= 11 is 3.35. The Morgan fingerprint density at radius 3 is 2.22 bits per heavy atom. The number of hydrogen-bond donors (Lipinski definition) is 0. The number of hydrogen-bond acceptors (Lipinski definition) is 6. The van der Waals surface area contributed by atoms with Crippen LogP contribution in [0.1, 0.15) is 27.1 Å². The zero-order chi connectivity index (χ0) is 24.5. The number of para-hydroxylation sites is 2. The Balaban J connectivity index is 1.26. The summed E-state index contributed by atoms with van der Waals surface area (Å²) in [5.74, 6) is -0.300. The van der Waals surface area contributed by atoms with Crippen molar-refractivity contribution in [2.75, 3.05) is 0 Å². The highest BCUT2D eigenvalue weighted by atomic mass is 32.1. The monoisotopic (exact) mass is 498 g/mol. The predicted molar refractivity (Wildman–Crippen MR) is 149 cm³/mol. The van der Waals surface area contributed by atoms with E-state index < -0.39 is 0 Å². The molecule has 4 aromatic heterocycles. The predicted octanol–water partition coefficient (Wildman–Crippen LogP) is 7.97. The molecule has 0 amide bonds. The molecule has 0 saturated carbocycles. The lowest BCUT2D eigenvalue weighted by Crippen LogP contribution is -2.02. The normalized spacial score (nSPS) is 12.6. The molecule has 0 spiro atoms. The van der Waals surface area contributed by atoms with Crippen LogP contribution in [-0.2, 0) is 6.42 Å². The van der Waals surface area contributed by atoms with Crippen LogP contribution in [0, 0.1) is 22.7 Å². The molecule has 0 bridgehead atoms. The fraction of sp³-hybridized carbons (Fsp3) is 0.0667. The van der Waals surface area contributed by atoms with Gasteiger partial charge in [-0.05, 0) is 42.5 Å². The number of aromatic nitrogens is 2. The third-order valence-electron chi connectivity index (χ3n) is 6.10. The molecule has 6 heteroatoms. The van der Waals surface area contributed by atoms with Gasteiger partial charge < -0.3 is 0 Å². The van der Waals surface area contributed by atoms with E-state index in [0.29, 0.717) is 17.7 Å². The highest BCUT2D eigenvalue weighted by Crippen LogP contribution is 2.37. The summed E-state index contributed by atoms with van der Waals surface area (Å²) in [7, 11) is 0. The molecule has 0 aliphatic carbocycles. The lowest BCUT2D eigenvalue weighted by atomic mass is 10.0. The molecule has 0 aliphatic heterocycles. The smallest absolute Gasteiger partial charge is 0.101 e. The fourth-order valence-corrected chi connectivity index (χ4v) is 6.71. The van der Waals surface area contributed by atoms with Crippen LogP contribution in [0.5, 0.6) is 0 Å². The van der Waals surface area contributed by atoms with Gasteiger partial charge in [0.05, 0.1) is 40.0 Å². The van der Waals surface area contributed by atoms with Crippen LogP contribution in [-0.4, -0.2) is 9.97 Å². The van der Waals surface area contributed by atoms with Crippen LogP contribution in [0.25, 0.3) is 42.9 Å². The molecule has 0 N–H and O–H groups in total. The van der Waals surface area contributed by atoms with Gasteiger partial charge in [0.25, 0.3) is 0 Å². The molecule has 4 nitrogen and oxygen atoms in total. The van der Waals surface area contributed by atoms with Crippen molar-refractivity contribution in [3.05, 3.63) is 106 Å². The number of nitriles is 2. The number of pyridine rings is 2. The van der Waals surface area contributed by atoms with E-state index >= 15 is 0 Å². The fourth-order valence-electron chi connectivity index (χ4n) is 4.29. The summed E-state index contributed by atoms with van der Waals surface area (Å²) < 4.78 is 2.32. The summed E-state index contributed by atoms with van der Waals surface area (Å²) in [4.78, 5) is 11.6. The Hall–Kier alpha value is -4.36. The zero-order valence-electron chi connectivity index (χ0n) is 19.1. The van der Waals surface area contributed by atoms with Crippen molar-refractivity contribution >= 4 is 65.5 Å². The first-order valence-electron chi connectivity index (χ1n) is 11.5. The third-order valence-corrected chi connectivity index (χ3v) is 8.36. The van der Waals surface area contributed by atoms with Crippen LogP contribution in [0.3, 0.4) is 0 Å². The first-order chi connectivity index (χ1) is 17.7. The average Bonchev–Trinajstić information content (AvgIpc) is 3.48. The minimum Gasteiger partial charge on any atom is -0.251 e. The van der Waals surface area contributed by atoms with E-state index in [0.717, 1.165) is 46.7 Å². The van der Waals surface area contributed by atoms with Crippen molar-refractivity contribution in [1.29, 1.82) is 10.5 Å². The molecule has 1 atom stereocenters. The van der Waals surface area contributed by atoms with Gasteiger partial charge in [-0.1, -0.05) is 48.5 Å². The lowest BCUT2D eigenvalue weighted by molar-refractivity contribution is 0.831. The van der Waals surface area contributed by atoms with Gasteiger partial charge in [0.1, 0.15) is 6.07 Å². The van der Waals surface area contributed by atoms with Crippen LogP contribution in [0.15, 0.2) is 84.9 Å². The Morgan fingerprint density at radius 2 is 1.50 bits per heavy atom. The largest absolute Gasteiger partial charge is 0.251 e. The quantitative estimate of drug-likeness (QED) is 0.226. The van der Waals surface area contributed by atoms with Crippen LogP contribution >= 0.6 is 22.7 Å². The minimum absolute atomic E-state index is 0.300. The van der Waals surface area contributed by atoms with Crippen molar-refractivity contribution in [1.82, 2.24) is 9.97 Å². The number of fused-ring (bicyclic) bond motifs is 3. The van der Waals surface area contributed by atoms with Crippen molar-refractivity contribution in [2.45, 2.75) is 12.3 Å². The summed E-state index contributed by atoms with van der Waals surface area (Å²) in [6, 6.07) is 32.8. The number of benzene rings is 2. The van der Waals surface area contributed by atoms with E-state index in [1.165, 1.54) is 0 Å². The molecule has 1 unspecified atom stereocenters. The highest BCUT2D eigenvalue weighted by molar-refractivity contribution is 7.28. The molecule has 0 radical (unpaired) electrons. The molecule has 170 valence electrons. The summed E-state index contributed by atoms with van der Waals surface area (Å²) in [6.07, 6.45) is 2.54. The topological polar surface area (TPSA) is 73.4 Å². The first kappa shape index (κ1) is 22.1. The van der Waals surface area contributed by atoms with Gasteiger partial charge in [-0.25, -0.2) is 4.98 Å². The van der Waals surface area contributed by atoms with Crippen LogP contribution in [0.2, 0.25) is 0 Å². The van der Waals surface area contributed by atoms with Gasteiger partial charge >= 0.3 is 0 Å². The van der Waals surface area contributed by atoms with E-state index in [4.69, 9.17) is 4.98 Å². The highest BCUT2D eigenvalue weighted by Gasteiger charge is 2.17. The lowest BCUT2D eigenvalue weighted by Gasteiger charge is -2.08. The number of nitrogens with zero attached hydrogens (tertiary/aromatic N) is 4. The Labute approximate surface area is 216 Å². The van der Waals surface area contributed by atoms with Gasteiger partial charge in [0, 0.05) is 36.3 Å². The molecule has 6 rings (SSSR count). The van der Waals surface area contributed by atoms with Crippen LogP contribution in [0.4, 0.5) is 0 Å². The number of allylic oxidation sites excluding steroid dienone is 1. The second-order valence-corrected chi connectivity index (χ2v) is 10.7. The third kappa shape index (κ3) is 4.25. The molecule has 0 fully saturated rings. The molecular weight excluding hydrogens is 480 g/mol. The van der Waals surface area contributed by atoms with Gasteiger partial charge in [0.2, 0.25) is 0 Å². The Bertz CT molecular complexity index is 1830. The summed E-state index contributed by atoms with van der Waals surface area (Å²) in [5.41, 5.74) is 3.81. The van der Waals surface area contributed by atoms with Gasteiger partial charge in [-0.3, -0.25) is 4.98 Å². The van der Waals surface area contributed by atoms with E-state index in [1.54, 1.807) is 22.7 Å². The van der Waals surface area contributed by atoms with Crippen molar-refractivity contribution in [3.8, 4) is 12.1 Å². The SMILES string of the molecule is N#C/C(=C\c1cc2sc(CC(C#N)c3ccc4ccccc4n3)cc2s1)c1ccc2ccccc2n1. The van der Waals surface area contributed by atoms with Crippen molar-refractivity contribution in [2.24, 2.45) is 0 Å². The van der Waals surface area contributed by atoms with Gasteiger partial charge in [-0.2, -0.15) is 10.5 Å². The minimum atomic E-state index is -0.300. The maximum absolute atomic E-state index is 9.86. The van der Waals surface area contributed by atoms with Crippen molar-refractivity contribution in [3.63, 3.8) is 0 Å². The zero-order valence-corrected chi connectivity index (χ0v) is 20.7. The van der Waals surface area contributed by atoms with Gasteiger partial charge in [0.15, 0.2) is 0 Å². The maximum Gasteiger partial charge on any atom is 0.101 e. The Morgan fingerprint density at radius 1 is 0.806 bits per heavy atom. The Kier molecular flexibility index (Phi) is 5.75. The summed E-state index contributed by atoms with van der Waals surface area (Å²) in [5, 5.41) is 21.8. The molecule has 0 saturated heterocycles. The summed E-state index contributed by atoms with van der Waals surface area (Å²) in [6.45, 7) is 0. The molecule has 2 aromatic carbocycles. The molecule has 0 aliphatic rings. The number of thiophene rings is 2. The number of rotatable bonds is 5. The van der Waals surface area contributed by atoms with Crippen molar-refractivity contribution < 1.29 is 0 Å². The molecule has 36 heavy (non-hydrogen) atoms. The molecule has 6 aromatic rings. The van der Waals surface area contributed by atoms with E-state index in [2.05, 4.69) is 29.3 Å². The van der Waals surface area contributed by atoms with E-state index in [1.807, 2.05) is 78.9 Å². The second-order valence-electron chi connectivity index (χ2n) is 8.46. The molecule has 4 heterocycles. The average molecular weight is 499 g/mol. The van der Waals surface area contributed by atoms with E-state index in [9.17, 15) is 10.5 Å². The maximum atomic E-state index is 9.86. The molecular formula is C30H18N4S2. The van der Waals surface area contributed by atoms with Crippen LogP contribution < -0.4 is 0 Å². The standard InChI is InChI=1S/C30H18N4S2/c31-17-21(27-11-9-19-5-1-3-7-25(19)33-27)13-23-15-29-30(35-23)16-24(36-29)14-22(18-32)28-12-10-20-6-2-4-8-26(20)34-28/h1-13,15-16,22H,14H2/b21-13+. The second kappa shape index (κ2) is 9.36. The van der Waals surface area contributed by atoms with E-state index in [-0.39, 0.29) is 5.92 Å². The van der Waals surface area contributed by atoms with Gasteiger partial charge in [-0.15, -0.1) is 22.7 Å².